The van der Waals surface area contributed by atoms with E-state index in [0.29, 0.717) is 62.1 Å². The summed E-state index contributed by atoms with van der Waals surface area (Å²) in [5, 5.41) is 12.4. The number of rotatable bonds is 7. The molecule has 2 aromatic carbocycles. The average Bonchev–Trinajstić information content (AvgIpc) is 3.29. The third kappa shape index (κ3) is 5.40. The third-order valence-electron chi connectivity index (χ3n) is 7.05. The molecular weight excluding hydrogens is 499 g/mol. The number of nitrogens with zero attached hydrogens (tertiary/aromatic N) is 2. The molecule has 7 nitrogen and oxygen atoms in total. The molecule has 0 radical (unpaired) electrons. The molecule has 2 aliphatic heterocycles. The van der Waals surface area contributed by atoms with Gasteiger partial charge in [0, 0.05) is 54.6 Å². The van der Waals surface area contributed by atoms with E-state index in [9.17, 15) is 18.0 Å². The van der Waals surface area contributed by atoms with Crippen molar-refractivity contribution in [1.82, 2.24) is 4.98 Å². The van der Waals surface area contributed by atoms with Crippen molar-refractivity contribution in [2.75, 3.05) is 43.1 Å². The number of fused-ring (bicyclic) bond motifs is 1. The Kier molecular flexibility index (Phi) is 7.16. The van der Waals surface area contributed by atoms with Crippen molar-refractivity contribution in [3.8, 4) is 16.9 Å². The number of carboxylic acid groups (broad SMARTS) is 1. The Labute approximate surface area is 218 Å². The van der Waals surface area contributed by atoms with Crippen LogP contribution in [0.3, 0.4) is 0 Å². The van der Waals surface area contributed by atoms with Gasteiger partial charge in [-0.2, -0.15) is 13.2 Å². The summed E-state index contributed by atoms with van der Waals surface area (Å²) in [6.07, 6.45) is -3.01. The lowest BCUT2D eigenvalue weighted by atomic mass is 9.92. The van der Waals surface area contributed by atoms with Crippen LogP contribution in [0.15, 0.2) is 48.7 Å². The van der Waals surface area contributed by atoms with Crippen LogP contribution in [0.25, 0.3) is 11.1 Å². The Balaban J connectivity index is 1.39. The molecule has 200 valence electrons. The maximum atomic E-state index is 14.0. The fourth-order valence-corrected chi connectivity index (χ4v) is 5.03. The second-order valence-electron chi connectivity index (χ2n) is 9.49. The van der Waals surface area contributed by atoms with Gasteiger partial charge in [-0.1, -0.05) is 12.1 Å². The van der Waals surface area contributed by atoms with E-state index in [4.69, 9.17) is 14.6 Å². The number of carboxylic acids is 1. The van der Waals surface area contributed by atoms with Crippen molar-refractivity contribution in [2.45, 2.75) is 32.0 Å². The minimum absolute atomic E-state index is 0.00438. The molecule has 0 saturated carbocycles. The van der Waals surface area contributed by atoms with Gasteiger partial charge in [-0.3, -0.25) is 4.79 Å². The Bertz CT molecular complexity index is 1320. The number of aromatic nitrogens is 1. The first-order chi connectivity index (χ1) is 18.2. The molecule has 2 N–H and O–H groups in total. The molecule has 0 bridgehead atoms. The van der Waals surface area contributed by atoms with Crippen molar-refractivity contribution >= 4 is 17.5 Å². The molecule has 1 saturated heterocycles. The van der Waals surface area contributed by atoms with Gasteiger partial charge >= 0.3 is 12.1 Å². The molecular formula is C28H28F3N3O4. The van der Waals surface area contributed by atoms with Gasteiger partial charge in [-0.05, 0) is 47.9 Å². The molecule has 1 unspecified atom stereocenters. The molecule has 1 fully saturated rings. The number of morpholine rings is 1. The number of benzene rings is 2. The molecule has 0 aliphatic carbocycles. The van der Waals surface area contributed by atoms with Crippen molar-refractivity contribution in [3.63, 3.8) is 0 Å². The summed E-state index contributed by atoms with van der Waals surface area (Å²) < 4.78 is 53.0. The van der Waals surface area contributed by atoms with E-state index in [2.05, 4.69) is 15.2 Å². The number of anilines is 2. The smallest absolute Gasteiger partial charge is 0.417 e. The van der Waals surface area contributed by atoms with Gasteiger partial charge < -0.3 is 24.8 Å². The first-order valence-corrected chi connectivity index (χ1v) is 12.4. The minimum atomic E-state index is -4.52. The third-order valence-corrected chi connectivity index (χ3v) is 7.05. The van der Waals surface area contributed by atoms with Crippen molar-refractivity contribution in [1.29, 1.82) is 0 Å². The summed E-state index contributed by atoms with van der Waals surface area (Å²) in [5.74, 6) is 0.260. The van der Waals surface area contributed by atoms with Crippen LogP contribution >= 0.6 is 0 Å². The SMILES string of the molecule is Cc1c(CNc2ccc3c(c2)OCC3CC(=O)O)ccc(C(F)(F)F)c1-c1ccc(N2CCOCC2)nc1. The molecule has 0 spiro atoms. The summed E-state index contributed by atoms with van der Waals surface area (Å²) >= 11 is 0. The highest BCUT2D eigenvalue weighted by atomic mass is 19.4. The summed E-state index contributed by atoms with van der Waals surface area (Å²) in [6, 6.07) is 11.5. The van der Waals surface area contributed by atoms with Gasteiger partial charge in [0.15, 0.2) is 0 Å². The molecule has 1 aromatic heterocycles. The van der Waals surface area contributed by atoms with Gasteiger partial charge in [-0.25, -0.2) is 4.98 Å². The van der Waals surface area contributed by atoms with E-state index in [-0.39, 0.29) is 17.9 Å². The molecule has 10 heteroatoms. The largest absolute Gasteiger partial charge is 0.493 e. The molecule has 3 heterocycles. The fourth-order valence-electron chi connectivity index (χ4n) is 5.03. The topological polar surface area (TPSA) is 83.9 Å². The van der Waals surface area contributed by atoms with E-state index < -0.39 is 17.7 Å². The van der Waals surface area contributed by atoms with Gasteiger partial charge in [0.25, 0.3) is 0 Å². The number of alkyl halides is 3. The van der Waals surface area contributed by atoms with Crippen LogP contribution in [0.4, 0.5) is 24.7 Å². The Morgan fingerprint density at radius 2 is 1.95 bits per heavy atom. The van der Waals surface area contributed by atoms with Crippen molar-refractivity contribution in [3.05, 3.63) is 70.9 Å². The van der Waals surface area contributed by atoms with E-state index in [0.717, 1.165) is 22.9 Å². The Morgan fingerprint density at radius 3 is 2.63 bits per heavy atom. The number of pyridine rings is 1. The summed E-state index contributed by atoms with van der Waals surface area (Å²) in [6.45, 7) is 4.87. The number of hydrogen-bond acceptors (Lipinski definition) is 6. The van der Waals surface area contributed by atoms with Gasteiger partial charge in [-0.15, -0.1) is 0 Å². The predicted octanol–water partition coefficient (Wildman–Crippen LogP) is 5.48. The van der Waals surface area contributed by atoms with Gasteiger partial charge in [0.1, 0.15) is 11.6 Å². The summed E-state index contributed by atoms with van der Waals surface area (Å²) in [4.78, 5) is 17.6. The van der Waals surface area contributed by atoms with Crippen LogP contribution < -0.4 is 15.0 Å². The standard InChI is InChI=1S/C28H28F3N3O4/c1-17-18(14-32-21-4-5-22-20(12-26(35)36)16-38-24(22)13-21)2-6-23(28(29,30)31)27(17)19-3-7-25(33-15-19)34-8-10-37-11-9-34/h2-7,13,15,20,32H,8-12,14,16H2,1H3,(H,35,36). The lowest BCUT2D eigenvalue weighted by Gasteiger charge is -2.28. The summed E-state index contributed by atoms with van der Waals surface area (Å²) in [5.41, 5.74) is 2.64. The van der Waals surface area contributed by atoms with Crippen LogP contribution in [-0.2, 0) is 22.3 Å². The van der Waals surface area contributed by atoms with Crippen LogP contribution in [-0.4, -0.2) is 49.0 Å². The van der Waals surface area contributed by atoms with Crippen LogP contribution in [0.1, 0.15) is 34.6 Å². The summed E-state index contributed by atoms with van der Waals surface area (Å²) in [7, 11) is 0. The zero-order valence-electron chi connectivity index (χ0n) is 20.8. The molecule has 1 atom stereocenters. The lowest BCUT2D eigenvalue weighted by Crippen LogP contribution is -2.36. The second-order valence-corrected chi connectivity index (χ2v) is 9.49. The first-order valence-electron chi connectivity index (χ1n) is 12.4. The maximum Gasteiger partial charge on any atom is 0.417 e. The van der Waals surface area contributed by atoms with E-state index in [1.165, 1.54) is 12.3 Å². The highest BCUT2D eigenvalue weighted by Crippen LogP contribution is 2.41. The van der Waals surface area contributed by atoms with E-state index in [1.54, 1.807) is 25.1 Å². The average molecular weight is 528 g/mol. The number of ether oxygens (including phenoxy) is 2. The maximum absolute atomic E-state index is 14.0. The predicted molar refractivity (Wildman–Crippen MR) is 137 cm³/mol. The minimum Gasteiger partial charge on any atom is -0.493 e. The van der Waals surface area contributed by atoms with Gasteiger partial charge in [0.05, 0.1) is 31.8 Å². The van der Waals surface area contributed by atoms with Gasteiger partial charge in [0.2, 0.25) is 0 Å². The van der Waals surface area contributed by atoms with Crippen LogP contribution in [0.2, 0.25) is 0 Å². The fraction of sp³-hybridized carbons (Fsp3) is 0.357. The highest BCUT2D eigenvalue weighted by molar-refractivity contribution is 5.73. The molecule has 0 amide bonds. The Morgan fingerprint density at radius 1 is 1.16 bits per heavy atom. The lowest BCUT2D eigenvalue weighted by molar-refractivity contribution is -0.138. The second kappa shape index (κ2) is 10.5. The molecule has 5 rings (SSSR count). The Hall–Kier alpha value is -3.79. The number of hydrogen-bond donors (Lipinski definition) is 2. The molecule has 38 heavy (non-hydrogen) atoms. The zero-order chi connectivity index (χ0) is 26.9. The number of nitrogens with one attached hydrogen (secondary N) is 1. The van der Waals surface area contributed by atoms with Crippen molar-refractivity contribution in [2.24, 2.45) is 0 Å². The monoisotopic (exact) mass is 527 g/mol. The van der Waals surface area contributed by atoms with Crippen LogP contribution in [0, 0.1) is 6.92 Å². The number of halogens is 3. The van der Waals surface area contributed by atoms with E-state index >= 15 is 0 Å². The molecule has 3 aromatic rings. The normalized spacial score (nSPS) is 17.2. The zero-order valence-corrected chi connectivity index (χ0v) is 20.8. The number of carbonyl (C=O) groups is 1. The first kappa shape index (κ1) is 25.8. The van der Waals surface area contributed by atoms with Crippen LogP contribution in [0.5, 0.6) is 5.75 Å². The van der Waals surface area contributed by atoms with Crippen molar-refractivity contribution < 1.29 is 32.5 Å². The number of aliphatic carboxylic acids is 1. The van der Waals surface area contributed by atoms with E-state index in [1.807, 2.05) is 12.1 Å². The quantitative estimate of drug-likeness (QED) is 0.421. The highest BCUT2D eigenvalue weighted by Gasteiger charge is 2.35. The molecule has 2 aliphatic rings.